The Bertz CT molecular complexity index is 568. The van der Waals surface area contributed by atoms with E-state index in [4.69, 9.17) is 19.2 Å². The first-order valence-corrected chi connectivity index (χ1v) is 9.82. The number of ether oxygens (including phenoxy) is 3. The third-order valence-electron chi connectivity index (χ3n) is 4.39. The van der Waals surface area contributed by atoms with E-state index in [9.17, 15) is 0 Å². The van der Waals surface area contributed by atoms with E-state index in [2.05, 4.69) is 29.4 Å². The van der Waals surface area contributed by atoms with Crippen molar-refractivity contribution in [2.75, 3.05) is 65.0 Å². The number of methoxy groups -OCH3 is 1. The lowest BCUT2D eigenvalue weighted by Gasteiger charge is -2.31. The van der Waals surface area contributed by atoms with E-state index in [0.717, 1.165) is 63.2 Å². The summed E-state index contributed by atoms with van der Waals surface area (Å²) in [4.78, 5) is 7.18. The number of hydrogen-bond donors (Lipinski definition) is 2. The molecule has 0 spiro atoms. The van der Waals surface area contributed by atoms with Crippen LogP contribution in [0.2, 0.25) is 0 Å². The molecule has 160 valence electrons. The Balaban J connectivity index is 0.00000392. The maximum Gasteiger partial charge on any atom is 0.195 e. The summed E-state index contributed by atoms with van der Waals surface area (Å²) >= 11 is 0. The van der Waals surface area contributed by atoms with Crippen molar-refractivity contribution in [2.24, 2.45) is 4.99 Å². The van der Waals surface area contributed by atoms with Crippen LogP contribution < -0.4 is 15.4 Å². The summed E-state index contributed by atoms with van der Waals surface area (Å²) in [7, 11) is 1.70. The molecule has 2 N–H and O–H groups in total. The van der Waals surface area contributed by atoms with E-state index < -0.39 is 0 Å². The molecule has 1 aromatic carbocycles. The highest BCUT2D eigenvalue weighted by molar-refractivity contribution is 14.0. The van der Waals surface area contributed by atoms with Crippen LogP contribution in [0.15, 0.2) is 29.3 Å². The minimum absolute atomic E-state index is 0. The second-order valence-corrected chi connectivity index (χ2v) is 6.56. The number of rotatable bonds is 10. The molecule has 0 amide bonds. The van der Waals surface area contributed by atoms with Crippen molar-refractivity contribution in [3.8, 4) is 5.75 Å². The van der Waals surface area contributed by atoms with E-state index in [-0.39, 0.29) is 24.0 Å². The number of guanidine groups is 1. The van der Waals surface area contributed by atoms with Crippen molar-refractivity contribution >= 4 is 35.6 Å². The average molecular weight is 506 g/mol. The van der Waals surface area contributed by atoms with Crippen LogP contribution in [-0.4, -0.2) is 76.6 Å². The molecule has 1 aromatic rings. The summed E-state index contributed by atoms with van der Waals surface area (Å²) in [6.07, 6.45) is 0.873. The molecule has 0 radical (unpaired) electrons. The SMILES string of the molecule is CCNC(=NCC(C)N1CCOCC1)Nc1cccc(OCCCOC)c1.I. The molecule has 1 atom stereocenters. The van der Waals surface area contributed by atoms with Gasteiger partial charge in [0.1, 0.15) is 5.75 Å². The lowest BCUT2D eigenvalue weighted by atomic mass is 10.2. The lowest BCUT2D eigenvalue weighted by molar-refractivity contribution is 0.0220. The van der Waals surface area contributed by atoms with E-state index in [1.807, 2.05) is 24.3 Å². The molecule has 7 nitrogen and oxygen atoms in total. The van der Waals surface area contributed by atoms with Gasteiger partial charge in [0.15, 0.2) is 5.96 Å². The molecule has 2 rings (SSSR count). The van der Waals surface area contributed by atoms with Crippen LogP contribution in [0, 0.1) is 0 Å². The Morgan fingerprint density at radius 2 is 2.07 bits per heavy atom. The zero-order valence-corrected chi connectivity index (χ0v) is 19.6. The Kier molecular flexibility index (Phi) is 13.2. The fraction of sp³-hybridized carbons (Fsp3) is 0.650. The Hall–Kier alpha value is -1.10. The van der Waals surface area contributed by atoms with E-state index >= 15 is 0 Å². The Morgan fingerprint density at radius 1 is 1.29 bits per heavy atom. The third kappa shape index (κ3) is 9.40. The highest BCUT2D eigenvalue weighted by Gasteiger charge is 2.16. The third-order valence-corrected chi connectivity index (χ3v) is 4.39. The molecular formula is C20H35IN4O3. The number of aliphatic imine (C=N–C) groups is 1. The number of nitrogens with zero attached hydrogens (tertiary/aromatic N) is 2. The minimum atomic E-state index is 0. The molecule has 1 aliphatic rings. The van der Waals surface area contributed by atoms with Gasteiger partial charge < -0.3 is 24.8 Å². The maximum atomic E-state index is 5.77. The molecule has 28 heavy (non-hydrogen) atoms. The number of halogens is 1. The normalized spacial score (nSPS) is 16.2. The molecule has 1 heterocycles. The topological polar surface area (TPSA) is 67.4 Å². The van der Waals surface area contributed by atoms with Gasteiger partial charge >= 0.3 is 0 Å². The van der Waals surface area contributed by atoms with Crippen LogP contribution in [-0.2, 0) is 9.47 Å². The van der Waals surface area contributed by atoms with Gasteiger partial charge in [-0.15, -0.1) is 24.0 Å². The van der Waals surface area contributed by atoms with Crippen LogP contribution in [0.1, 0.15) is 20.3 Å². The van der Waals surface area contributed by atoms with E-state index in [0.29, 0.717) is 19.3 Å². The molecule has 0 saturated carbocycles. The predicted octanol–water partition coefficient (Wildman–Crippen LogP) is 2.82. The van der Waals surface area contributed by atoms with Crippen LogP contribution in [0.3, 0.4) is 0 Å². The first-order valence-electron chi connectivity index (χ1n) is 9.82. The van der Waals surface area contributed by atoms with Crippen molar-refractivity contribution < 1.29 is 14.2 Å². The van der Waals surface area contributed by atoms with Gasteiger partial charge in [0.05, 0.1) is 26.4 Å². The van der Waals surface area contributed by atoms with Crippen LogP contribution in [0.25, 0.3) is 0 Å². The summed E-state index contributed by atoms with van der Waals surface area (Å²) in [6.45, 7) is 10.7. The first-order chi connectivity index (χ1) is 13.2. The van der Waals surface area contributed by atoms with Crippen molar-refractivity contribution in [1.29, 1.82) is 0 Å². The Labute approximate surface area is 186 Å². The molecule has 8 heteroatoms. The molecule has 0 bridgehead atoms. The highest BCUT2D eigenvalue weighted by Crippen LogP contribution is 2.17. The summed E-state index contributed by atoms with van der Waals surface area (Å²) in [5, 5.41) is 6.68. The standard InChI is InChI=1S/C20H34N4O3.HI/c1-4-21-20(22-16-17(2)24-9-13-26-14-10-24)23-18-7-5-8-19(15-18)27-12-6-11-25-3;/h5,7-8,15,17H,4,6,9-14,16H2,1-3H3,(H2,21,22,23);1H. The zero-order chi connectivity index (χ0) is 19.3. The van der Waals surface area contributed by atoms with Gasteiger partial charge in [0, 0.05) is 57.6 Å². The molecule has 1 fully saturated rings. The van der Waals surface area contributed by atoms with Crippen molar-refractivity contribution in [1.82, 2.24) is 10.2 Å². The molecule has 0 aromatic heterocycles. The van der Waals surface area contributed by atoms with Crippen molar-refractivity contribution in [3.63, 3.8) is 0 Å². The second-order valence-electron chi connectivity index (χ2n) is 6.56. The fourth-order valence-corrected chi connectivity index (χ4v) is 2.86. The van der Waals surface area contributed by atoms with Crippen LogP contribution >= 0.6 is 24.0 Å². The van der Waals surface area contributed by atoms with E-state index in [1.165, 1.54) is 0 Å². The summed E-state index contributed by atoms with van der Waals surface area (Å²) in [6, 6.07) is 8.33. The summed E-state index contributed by atoms with van der Waals surface area (Å²) in [5.74, 6) is 1.63. The number of hydrogen-bond acceptors (Lipinski definition) is 5. The maximum absolute atomic E-state index is 5.77. The first kappa shape index (κ1) is 24.9. The average Bonchev–Trinajstić information content (AvgIpc) is 2.70. The van der Waals surface area contributed by atoms with Gasteiger partial charge in [-0.3, -0.25) is 9.89 Å². The van der Waals surface area contributed by atoms with Gasteiger partial charge in [0.2, 0.25) is 0 Å². The predicted molar refractivity (Wildman–Crippen MR) is 125 cm³/mol. The molecular weight excluding hydrogens is 471 g/mol. The smallest absolute Gasteiger partial charge is 0.195 e. The highest BCUT2D eigenvalue weighted by atomic mass is 127. The van der Waals surface area contributed by atoms with Gasteiger partial charge in [-0.1, -0.05) is 6.07 Å². The van der Waals surface area contributed by atoms with Crippen molar-refractivity contribution in [3.05, 3.63) is 24.3 Å². The largest absolute Gasteiger partial charge is 0.493 e. The zero-order valence-electron chi connectivity index (χ0n) is 17.3. The van der Waals surface area contributed by atoms with Crippen LogP contribution in [0.5, 0.6) is 5.75 Å². The molecule has 1 unspecified atom stereocenters. The summed E-state index contributed by atoms with van der Waals surface area (Å²) in [5.41, 5.74) is 0.956. The van der Waals surface area contributed by atoms with Crippen molar-refractivity contribution in [2.45, 2.75) is 26.3 Å². The number of nitrogens with one attached hydrogen (secondary N) is 2. The summed E-state index contributed by atoms with van der Waals surface area (Å²) < 4.78 is 16.2. The van der Waals surface area contributed by atoms with Gasteiger partial charge in [0.25, 0.3) is 0 Å². The number of benzene rings is 1. The van der Waals surface area contributed by atoms with Crippen LogP contribution in [0.4, 0.5) is 5.69 Å². The monoisotopic (exact) mass is 506 g/mol. The Morgan fingerprint density at radius 3 is 2.79 bits per heavy atom. The fourth-order valence-electron chi connectivity index (χ4n) is 2.86. The number of anilines is 1. The van der Waals surface area contributed by atoms with Gasteiger partial charge in [-0.2, -0.15) is 0 Å². The molecule has 0 aliphatic carbocycles. The number of morpholine rings is 1. The van der Waals surface area contributed by atoms with Gasteiger partial charge in [-0.25, -0.2) is 0 Å². The van der Waals surface area contributed by atoms with Gasteiger partial charge in [-0.05, 0) is 26.0 Å². The lowest BCUT2D eigenvalue weighted by Crippen LogP contribution is -2.44. The molecule has 1 saturated heterocycles. The minimum Gasteiger partial charge on any atom is -0.493 e. The van der Waals surface area contributed by atoms with E-state index in [1.54, 1.807) is 7.11 Å². The molecule has 1 aliphatic heterocycles. The second kappa shape index (κ2) is 14.8. The quantitative estimate of drug-likeness (QED) is 0.220.